The number of para-hydroxylation sites is 1. The Morgan fingerprint density at radius 2 is 1.88 bits per heavy atom. The van der Waals surface area contributed by atoms with Crippen LogP contribution in [0.3, 0.4) is 0 Å². The van der Waals surface area contributed by atoms with Crippen molar-refractivity contribution in [3.05, 3.63) is 69.8 Å². The Morgan fingerprint density at radius 3 is 2.60 bits per heavy atom. The molecule has 130 valence electrons. The summed E-state index contributed by atoms with van der Waals surface area (Å²) < 4.78 is 4.87. The number of nitro benzene ring substituents is 1. The number of benzene rings is 2. The molecule has 2 aromatic rings. The number of ether oxygens (including phenoxy) is 1. The Bertz CT molecular complexity index is 791. The summed E-state index contributed by atoms with van der Waals surface area (Å²) in [6.45, 7) is 0.705. The zero-order valence-electron chi connectivity index (χ0n) is 13.5. The van der Waals surface area contributed by atoms with Gasteiger partial charge in [0.2, 0.25) is 0 Å². The summed E-state index contributed by atoms with van der Waals surface area (Å²) in [6.07, 6.45) is 0. The van der Waals surface area contributed by atoms with Gasteiger partial charge in [0.15, 0.2) is 0 Å². The minimum atomic E-state index is -0.575. The van der Waals surface area contributed by atoms with E-state index < -0.39 is 10.8 Å². The van der Waals surface area contributed by atoms with Crippen molar-refractivity contribution in [3.8, 4) is 0 Å². The van der Waals surface area contributed by atoms with E-state index in [0.29, 0.717) is 18.8 Å². The molecule has 0 aliphatic carbocycles. The smallest absolute Gasteiger partial charge is 0.270 e. The van der Waals surface area contributed by atoms with Crippen molar-refractivity contribution < 1.29 is 19.2 Å². The lowest BCUT2D eigenvalue weighted by atomic mass is 10.1. The van der Waals surface area contributed by atoms with Gasteiger partial charge in [-0.15, -0.1) is 0 Å². The lowest BCUT2D eigenvalue weighted by molar-refractivity contribution is -0.384. The molecule has 0 aromatic heterocycles. The highest BCUT2D eigenvalue weighted by atomic mass is 16.6. The first-order chi connectivity index (χ1) is 12.0. The summed E-state index contributed by atoms with van der Waals surface area (Å²) >= 11 is 0. The molecular formula is C17H17N3O5. The highest BCUT2D eigenvalue weighted by Crippen LogP contribution is 2.18. The predicted molar refractivity (Wildman–Crippen MR) is 91.7 cm³/mol. The van der Waals surface area contributed by atoms with Crippen molar-refractivity contribution in [1.82, 2.24) is 5.32 Å². The molecule has 0 atom stereocenters. The Morgan fingerprint density at radius 1 is 1.12 bits per heavy atom. The third kappa shape index (κ3) is 4.85. The van der Waals surface area contributed by atoms with Gasteiger partial charge in [-0.2, -0.15) is 0 Å². The lowest BCUT2D eigenvalue weighted by Gasteiger charge is -2.11. The number of anilines is 1. The summed E-state index contributed by atoms with van der Waals surface area (Å²) in [6, 6.07) is 11.9. The summed E-state index contributed by atoms with van der Waals surface area (Å²) in [5, 5.41) is 16.1. The molecule has 0 heterocycles. The second kappa shape index (κ2) is 8.55. The number of amides is 2. The molecule has 0 spiro atoms. The molecule has 0 saturated heterocycles. The fourth-order valence-corrected chi connectivity index (χ4v) is 2.11. The van der Waals surface area contributed by atoms with Crippen LogP contribution in [-0.4, -0.2) is 37.0 Å². The number of nitrogens with one attached hydrogen (secondary N) is 2. The average Bonchev–Trinajstić information content (AvgIpc) is 2.62. The molecule has 0 aliphatic rings. The molecule has 0 radical (unpaired) electrons. The topological polar surface area (TPSA) is 111 Å². The Kier molecular flexibility index (Phi) is 6.19. The quantitative estimate of drug-likeness (QED) is 0.455. The molecule has 0 bridgehead atoms. The van der Waals surface area contributed by atoms with Gasteiger partial charge >= 0.3 is 0 Å². The van der Waals surface area contributed by atoms with Gasteiger partial charge in [0.25, 0.3) is 17.5 Å². The van der Waals surface area contributed by atoms with Crippen LogP contribution in [0.5, 0.6) is 0 Å². The molecule has 0 aliphatic heterocycles. The summed E-state index contributed by atoms with van der Waals surface area (Å²) in [7, 11) is 1.53. The first-order valence-corrected chi connectivity index (χ1v) is 7.45. The number of rotatable bonds is 7. The van der Waals surface area contributed by atoms with E-state index in [1.165, 1.54) is 31.4 Å². The highest BCUT2D eigenvalue weighted by molar-refractivity contribution is 6.09. The highest BCUT2D eigenvalue weighted by Gasteiger charge is 2.15. The lowest BCUT2D eigenvalue weighted by Crippen LogP contribution is -2.28. The molecule has 8 nitrogen and oxygen atoms in total. The second-order valence-corrected chi connectivity index (χ2v) is 5.06. The van der Waals surface area contributed by atoms with Crippen molar-refractivity contribution >= 4 is 23.2 Å². The van der Waals surface area contributed by atoms with E-state index >= 15 is 0 Å². The van der Waals surface area contributed by atoms with Crippen molar-refractivity contribution in [1.29, 1.82) is 0 Å². The zero-order valence-corrected chi connectivity index (χ0v) is 13.5. The van der Waals surface area contributed by atoms with Gasteiger partial charge in [-0.05, 0) is 18.2 Å². The van der Waals surface area contributed by atoms with Gasteiger partial charge in [-0.25, -0.2) is 0 Å². The standard InChI is InChI=1S/C17H17N3O5/c1-25-10-9-18-17(22)14-7-2-3-8-15(14)19-16(21)12-5-4-6-13(11-12)20(23)24/h2-8,11H,9-10H2,1H3,(H,18,22)(H,19,21). The van der Waals surface area contributed by atoms with Gasteiger partial charge < -0.3 is 15.4 Å². The van der Waals surface area contributed by atoms with Crippen molar-refractivity contribution in [2.24, 2.45) is 0 Å². The minimum Gasteiger partial charge on any atom is -0.383 e. The molecule has 0 saturated carbocycles. The summed E-state index contributed by atoms with van der Waals surface area (Å²) in [4.78, 5) is 34.8. The first-order valence-electron chi connectivity index (χ1n) is 7.45. The van der Waals surface area contributed by atoms with E-state index in [1.54, 1.807) is 24.3 Å². The van der Waals surface area contributed by atoms with Crippen molar-refractivity contribution in [2.75, 3.05) is 25.6 Å². The van der Waals surface area contributed by atoms with Crippen LogP contribution < -0.4 is 10.6 Å². The van der Waals surface area contributed by atoms with Crippen molar-refractivity contribution in [3.63, 3.8) is 0 Å². The van der Waals surface area contributed by atoms with Crippen LogP contribution in [0.15, 0.2) is 48.5 Å². The van der Waals surface area contributed by atoms with Crippen LogP contribution in [0.1, 0.15) is 20.7 Å². The van der Waals surface area contributed by atoms with Crippen molar-refractivity contribution in [2.45, 2.75) is 0 Å². The maximum atomic E-state index is 12.3. The molecule has 2 rings (SSSR count). The van der Waals surface area contributed by atoms with Crippen LogP contribution in [0.25, 0.3) is 0 Å². The molecular weight excluding hydrogens is 326 g/mol. The minimum absolute atomic E-state index is 0.129. The van der Waals surface area contributed by atoms with E-state index in [4.69, 9.17) is 4.74 Å². The summed E-state index contributed by atoms with van der Waals surface area (Å²) in [5.41, 5.74) is 0.549. The largest absolute Gasteiger partial charge is 0.383 e. The molecule has 2 aromatic carbocycles. The second-order valence-electron chi connectivity index (χ2n) is 5.06. The monoisotopic (exact) mass is 343 g/mol. The molecule has 2 N–H and O–H groups in total. The van der Waals surface area contributed by atoms with Crippen LogP contribution in [0, 0.1) is 10.1 Å². The van der Waals surface area contributed by atoms with Crippen LogP contribution in [-0.2, 0) is 4.74 Å². The van der Waals surface area contributed by atoms with E-state index in [1.807, 2.05) is 0 Å². The fraction of sp³-hybridized carbons (Fsp3) is 0.176. The fourth-order valence-electron chi connectivity index (χ4n) is 2.11. The van der Waals surface area contributed by atoms with E-state index in [-0.39, 0.29) is 22.7 Å². The van der Waals surface area contributed by atoms with Gasteiger partial charge in [-0.3, -0.25) is 19.7 Å². The maximum absolute atomic E-state index is 12.3. The van der Waals surface area contributed by atoms with E-state index in [2.05, 4.69) is 10.6 Å². The molecule has 2 amide bonds. The van der Waals surface area contributed by atoms with Crippen LogP contribution in [0.2, 0.25) is 0 Å². The van der Waals surface area contributed by atoms with Crippen LogP contribution >= 0.6 is 0 Å². The Balaban J connectivity index is 2.17. The maximum Gasteiger partial charge on any atom is 0.270 e. The van der Waals surface area contributed by atoms with Gasteiger partial charge in [-0.1, -0.05) is 18.2 Å². The zero-order chi connectivity index (χ0) is 18.2. The van der Waals surface area contributed by atoms with E-state index in [0.717, 1.165) is 0 Å². The molecule has 0 unspecified atom stereocenters. The van der Waals surface area contributed by atoms with Crippen LogP contribution in [0.4, 0.5) is 11.4 Å². The number of carbonyl (C=O) groups is 2. The predicted octanol–water partition coefficient (Wildman–Crippen LogP) is 2.22. The average molecular weight is 343 g/mol. The first kappa shape index (κ1) is 18.1. The summed E-state index contributed by atoms with van der Waals surface area (Å²) in [5.74, 6) is -0.896. The number of hydrogen-bond donors (Lipinski definition) is 2. The number of nitrogens with zero attached hydrogens (tertiary/aromatic N) is 1. The molecule has 25 heavy (non-hydrogen) atoms. The number of nitro groups is 1. The SMILES string of the molecule is COCCNC(=O)c1ccccc1NC(=O)c1cccc([N+](=O)[O-])c1. The normalized spacial score (nSPS) is 10.1. The van der Waals surface area contributed by atoms with Gasteiger partial charge in [0, 0.05) is 31.4 Å². The third-order valence-electron chi connectivity index (χ3n) is 3.33. The number of methoxy groups -OCH3 is 1. The Labute approximate surface area is 144 Å². The van der Waals surface area contributed by atoms with E-state index in [9.17, 15) is 19.7 Å². The molecule has 0 fully saturated rings. The third-order valence-corrected chi connectivity index (χ3v) is 3.33. The number of non-ortho nitro benzene ring substituents is 1. The number of carbonyl (C=O) groups excluding carboxylic acids is 2. The Hall–Kier alpha value is -3.26. The number of hydrogen-bond acceptors (Lipinski definition) is 5. The van der Waals surface area contributed by atoms with Gasteiger partial charge in [0.1, 0.15) is 0 Å². The molecule has 8 heteroatoms. The van der Waals surface area contributed by atoms with Gasteiger partial charge in [0.05, 0.1) is 22.8 Å².